The third kappa shape index (κ3) is 3.59. The topological polar surface area (TPSA) is 78.3 Å². The molecule has 1 aliphatic carbocycles. The third-order valence-corrected chi connectivity index (χ3v) is 6.39. The van der Waals surface area contributed by atoms with E-state index in [0.29, 0.717) is 18.3 Å². The number of fused-ring (bicyclic) bond motifs is 1. The quantitative estimate of drug-likeness (QED) is 0.597. The third-order valence-electron chi connectivity index (χ3n) is 4.58. The summed E-state index contributed by atoms with van der Waals surface area (Å²) in [7, 11) is 0. The Morgan fingerprint density at radius 1 is 1.25 bits per heavy atom. The Morgan fingerprint density at radius 3 is 2.96 bits per heavy atom. The van der Waals surface area contributed by atoms with Gasteiger partial charge >= 0.3 is 0 Å². The standard InChI is InChI=1S/C19H18N4O3S2/c24-17(20-9-12-3-6-14-15(8-12)26-11-25-14)10-28-19-22-21-18(16-2-1-7-27-16)23(19)13-4-5-13/h1-3,6-8,13H,4-5,9-11H2,(H,20,24). The first kappa shape index (κ1) is 17.6. The molecule has 0 atom stereocenters. The summed E-state index contributed by atoms with van der Waals surface area (Å²) in [6, 6.07) is 10.2. The minimum absolute atomic E-state index is 0.0364. The Kier molecular flexibility index (Phi) is 4.69. The molecule has 9 heteroatoms. The minimum atomic E-state index is -0.0364. The molecular weight excluding hydrogens is 396 g/mol. The number of rotatable bonds is 7. The van der Waals surface area contributed by atoms with Gasteiger partial charge in [-0.2, -0.15) is 0 Å². The fourth-order valence-corrected chi connectivity index (χ4v) is 4.58. The van der Waals surface area contributed by atoms with Crippen molar-refractivity contribution in [1.82, 2.24) is 20.1 Å². The van der Waals surface area contributed by atoms with E-state index < -0.39 is 0 Å². The second-order valence-corrected chi connectivity index (χ2v) is 8.53. The highest BCUT2D eigenvalue weighted by atomic mass is 32.2. The number of hydrogen-bond donors (Lipinski definition) is 1. The predicted molar refractivity (Wildman–Crippen MR) is 107 cm³/mol. The number of carbonyl (C=O) groups is 1. The summed E-state index contributed by atoms with van der Waals surface area (Å²) in [5, 5.41) is 14.5. The molecule has 0 unspecified atom stereocenters. The van der Waals surface area contributed by atoms with Crippen LogP contribution in [0.25, 0.3) is 10.7 Å². The van der Waals surface area contributed by atoms with Gasteiger partial charge in [-0.25, -0.2) is 0 Å². The van der Waals surface area contributed by atoms with Crippen LogP contribution in [-0.4, -0.2) is 33.2 Å². The van der Waals surface area contributed by atoms with Gasteiger partial charge in [0.05, 0.1) is 10.6 Å². The molecule has 3 heterocycles. The number of ether oxygens (including phenoxy) is 2. The lowest BCUT2D eigenvalue weighted by Gasteiger charge is -2.08. The SMILES string of the molecule is O=C(CSc1nnc(-c2cccs2)n1C1CC1)NCc1ccc2c(c1)OCO2. The van der Waals surface area contributed by atoms with E-state index >= 15 is 0 Å². The van der Waals surface area contributed by atoms with E-state index in [2.05, 4.69) is 26.1 Å². The molecule has 5 rings (SSSR count). The zero-order chi connectivity index (χ0) is 18.9. The number of carbonyl (C=O) groups excluding carboxylic acids is 1. The summed E-state index contributed by atoms with van der Waals surface area (Å²) in [6.45, 7) is 0.697. The molecule has 1 fully saturated rings. The molecule has 2 aromatic heterocycles. The van der Waals surface area contributed by atoms with Crippen LogP contribution in [0.1, 0.15) is 24.4 Å². The van der Waals surface area contributed by atoms with E-state index in [1.165, 1.54) is 11.8 Å². The zero-order valence-corrected chi connectivity index (χ0v) is 16.6. The average molecular weight is 415 g/mol. The van der Waals surface area contributed by atoms with Gasteiger partial charge in [0.1, 0.15) is 0 Å². The lowest BCUT2D eigenvalue weighted by Crippen LogP contribution is -2.24. The van der Waals surface area contributed by atoms with Crippen LogP contribution in [0.5, 0.6) is 11.5 Å². The van der Waals surface area contributed by atoms with E-state index in [1.54, 1.807) is 11.3 Å². The number of aromatic nitrogens is 3. The van der Waals surface area contributed by atoms with E-state index in [0.717, 1.165) is 45.8 Å². The molecule has 3 aromatic rings. The molecule has 1 N–H and O–H groups in total. The van der Waals surface area contributed by atoms with Crippen LogP contribution < -0.4 is 14.8 Å². The molecule has 0 radical (unpaired) electrons. The second-order valence-electron chi connectivity index (χ2n) is 6.64. The number of amides is 1. The summed E-state index contributed by atoms with van der Waals surface area (Å²) < 4.78 is 12.9. The van der Waals surface area contributed by atoms with Crippen LogP contribution in [0.2, 0.25) is 0 Å². The van der Waals surface area contributed by atoms with Crippen LogP contribution >= 0.6 is 23.1 Å². The molecule has 28 heavy (non-hydrogen) atoms. The van der Waals surface area contributed by atoms with Crippen molar-refractivity contribution in [2.24, 2.45) is 0 Å². The van der Waals surface area contributed by atoms with Crippen molar-refractivity contribution >= 4 is 29.0 Å². The van der Waals surface area contributed by atoms with Crippen LogP contribution in [0.15, 0.2) is 40.9 Å². The van der Waals surface area contributed by atoms with Gasteiger partial charge in [-0.3, -0.25) is 9.36 Å². The molecule has 0 bridgehead atoms. The number of hydrogen-bond acceptors (Lipinski definition) is 7. The molecular formula is C19H18N4O3S2. The summed E-state index contributed by atoms with van der Waals surface area (Å²) in [5.74, 6) is 2.64. The predicted octanol–water partition coefficient (Wildman–Crippen LogP) is 3.48. The summed E-state index contributed by atoms with van der Waals surface area (Å²) >= 11 is 3.09. The molecule has 7 nitrogen and oxygen atoms in total. The van der Waals surface area contributed by atoms with Gasteiger partial charge in [-0.05, 0) is 42.0 Å². The Morgan fingerprint density at radius 2 is 2.14 bits per heavy atom. The maximum atomic E-state index is 12.3. The van der Waals surface area contributed by atoms with E-state index in [9.17, 15) is 4.79 Å². The first-order chi connectivity index (χ1) is 13.8. The first-order valence-electron chi connectivity index (χ1n) is 9.05. The van der Waals surface area contributed by atoms with Crippen molar-refractivity contribution in [2.45, 2.75) is 30.6 Å². The first-order valence-corrected chi connectivity index (χ1v) is 10.9. The maximum Gasteiger partial charge on any atom is 0.231 e. The number of nitrogens with one attached hydrogen (secondary N) is 1. The molecule has 1 amide bonds. The normalized spacial score (nSPS) is 15.0. The fourth-order valence-electron chi connectivity index (χ4n) is 3.04. The maximum absolute atomic E-state index is 12.3. The lowest BCUT2D eigenvalue weighted by molar-refractivity contribution is -0.118. The Balaban J connectivity index is 1.20. The van der Waals surface area contributed by atoms with Gasteiger partial charge in [-0.1, -0.05) is 23.9 Å². The van der Waals surface area contributed by atoms with E-state index in [4.69, 9.17) is 9.47 Å². The van der Waals surface area contributed by atoms with Gasteiger partial charge in [0.25, 0.3) is 0 Å². The highest BCUT2D eigenvalue weighted by Gasteiger charge is 2.30. The van der Waals surface area contributed by atoms with Crippen molar-refractivity contribution in [3.05, 3.63) is 41.3 Å². The summed E-state index contributed by atoms with van der Waals surface area (Å²) in [4.78, 5) is 13.4. The van der Waals surface area contributed by atoms with Gasteiger partial charge in [0, 0.05) is 12.6 Å². The van der Waals surface area contributed by atoms with E-state index in [1.807, 2.05) is 29.6 Å². The number of benzene rings is 1. The van der Waals surface area contributed by atoms with Crippen LogP contribution in [0.4, 0.5) is 0 Å². The summed E-state index contributed by atoms with van der Waals surface area (Å²) in [5.41, 5.74) is 0.976. The van der Waals surface area contributed by atoms with Crippen molar-refractivity contribution in [1.29, 1.82) is 0 Å². The molecule has 1 aliphatic heterocycles. The average Bonchev–Trinajstić information content (AvgIpc) is 3.14. The highest BCUT2D eigenvalue weighted by molar-refractivity contribution is 7.99. The Labute approximate surface area is 170 Å². The van der Waals surface area contributed by atoms with Crippen LogP contribution in [-0.2, 0) is 11.3 Å². The van der Waals surface area contributed by atoms with Crippen molar-refractivity contribution < 1.29 is 14.3 Å². The molecule has 1 aromatic carbocycles. The number of thioether (sulfide) groups is 1. The molecule has 0 spiro atoms. The van der Waals surface area contributed by atoms with Crippen LogP contribution in [0.3, 0.4) is 0 Å². The number of nitrogens with zero attached hydrogens (tertiary/aromatic N) is 3. The van der Waals surface area contributed by atoms with Gasteiger partial charge < -0.3 is 14.8 Å². The largest absolute Gasteiger partial charge is 0.454 e. The molecule has 144 valence electrons. The minimum Gasteiger partial charge on any atom is -0.454 e. The monoisotopic (exact) mass is 414 g/mol. The molecule has 1 saturated carbocycles. The smallest absolute Gasteiger partial charge is 0.231 e. The van der Waals surface area contributed by atoms with Crippen LogP contribution in [0, 0.1) is 0 Å². The zero-order valence-electron chi connectivity index (χ0n) is 15.0. The van der Waals surface area contributed by atoms with Crippen molar-refractivity contribution in [3.8, 4) is 22.2 Å². The fraction of sp³-hybridized carbons (Fsp3) is 0.316. The Hall–Kier alpha value is -2.52. The van der Waals surface area contributed by atoms with E-state index in [-0.39, 0.29) is 12.7 Å². The van der Waals surface area contributed by atoms with Gasteiger partial charge in [0.2, 0.25) is 12.7 Å². The Bertz CT molecular complexity index is 999. The second kappa shape index (κ2) is 7.48. The molecule has 0 saturated heterocycles. The van der Waals surface area contributed by atoms with Gasteiger partial charge in [-0.15, -0.1) is 21.5 Å². The van der Waals surface area contributed by atoms with Crippen molar-refractivity contribution in [2.75, 3.05) is 12.5 Å². The highest BCUT2D eigenvalue weighted by Crippen LogP contribution is 2.41. The van der Waals surface area contributed by atoms with Gasteiger partial charge in [0.15, 0.2) is 22.5 Å². The number of thiophene rings is 1. The lowest BCUT2D eigenvalue weighted by atomic mass is 10.2. The summed E-state index contributed by atoms with van der Waals surface area (Å²) in [6.07, 6.45) is 2.28. The van der Waals surface area contributed by atoms with Crippen molar-refractivity contribution in [3.63, 3.8) is 0 Å². The molecule has 2 aliphatic rings.